The Morgan fingerprint density at radius 2 is 1.40 bits per heavy atom. The van der Waals surface area contributed by atoms with Crippen molar-refractivity contribution in [3.63, 3.8) is 0 Å². The summed E-state index contributed by atoms with van der Waals surface area (Å²) in [5.74, 6) is 1.18. The zero-order valence-corrected chi connectivity index (χ0v) is 14.6. The van der Waals surface area contributed by atoms with E-state index in [1.165, 1.54) is 33.9 Å². The van der Waals surface area contributed by atoms with Crippen molar-refractivity contribution >= 4 is 0 Å². The van der Waals surface area contributed by atoms with Gasteiger partial charge in [-0.3, -0.25) is 0 Å². The molecule has 0 N–H and O–H groups in total. The Hall–Kier alpha value is -3.13. The normalized spacial score (nSPS) is 10.8. The molecule has 0 saturated carbocycles. The minimum atomic E-state index is 1.18. The fourth-order valence-electron chi connectivity index (χ4n) is 3.26. The molecule has 2 nitrogen and oxygen atoms in total. The van der Waals surface area contributed by atoms with Gasteiger partial charge in [0.1, 0.15) is 23.8 Å². The van der Waals surface area contributed by atoms with Crippen molar-refractivity contribution < 1.29 is 4.57 Å². The summed E-state index contributed by atoms with van der Waals surface area (Å²) in [6.45, 7) is 4.32. The van der Waals surface area contributed by atoms with E-state index in [2.05, 4.69) is 108 Å². The van der Waals surface area contributed by atoms with E-state index >= 15 is 0 Å². The Labute approximate surface area is 148 Å². The number of rotatable bonds is 3. The van der Waals surface area contributed by atoms with Gasteiger partial charge < -0.3 is 0 Å². The number of nitrogens with zero attached hydrogens (tertiary/aromatic N) is 2. The molecular weight excluding hydrogens is 304 g/mol. The Morgan fingerprint density at radius 3 is 2.12 bits per heavy atom. The number of para-hydroxylation sites is 1. The molecule has 3 aromatic carbocycles. The highest BCUT2D eigenvalue weighted by molar-refractivity contribution is 5.66. The lowest BCUT2D eigenvalue weighted by Crippen LogP contribution is -2.33. The second-order valence-corrected chi connectivity index (χ2v) is 6.29. The molecule has 122 valence electrons. The second kappa shape index (κ2) is 6.40. The average Bonchev–Trinajstić information content (AvgIpc) is 3.05. The average molecular weight is 325 g/mol. The van der Waals surface area contributed by atoms with Crippen LogP contribution in [0.15, 0.2) is 91.3 Å². The van der Waals surface area contributed by atoms with Gasteiger partial charge in [0.15, 0.2) is 0 Å². The van der Waals surface area contributed by atoms with Crippen LogP contribution in [0.25, 0.3) is 22.5 Å². The predicted molar refractivity (Wildman–Crippen MR) is 102 cm³/mol. The molecule has 0 spiro atoms. The van der Waals surface area contributed by atoms with Gasteiger partial charge in [0.25, 0.3) is 5.82 Å². The molecule has 0 saturated heterocycles. The van der Waals surface area contributed by atoms with Crippen LogP contribution in [0.4, 0.5) is 0 Å². The van der Waals surface area contributed by atoms with Gasteiger partial charge in [-0.1, -0.05) is 60.7 Å². The Balaban J connectivity index is 1.82. The molecule has 0 aliphatic heterocycles. The summed E-state index contributed by atoms with van der Waals surface area (Å²) in [5, 5.41) is 0. The number of hydrogen-bond donors (Lipinski definition) is 0. The number of aromatic nitrogens is 2. The van der Waals surface area contributed by atoms with Gasteiger partial charge in [0.05, 0.1) is 0 Å². The fraction of sp³-hybridized carbons (Fsp3) is 0.0870. The minimum Gasteiger partial charge on any atom is -0.200 e. The summed E-state index contributed by atoms with van der Waals surface area (Å²) in [5.41, 5.74) is 6.13. The monoisotopic (exact) mass is 325 g/mol. The highest BCUT2D eigenvalue weighted by atomic mass is 15.2. The van der Waals surface area contributed by atoms with E-state index in [1.807, 2.05) is 6.07 Å². The number of imidazole rings is 1. The van der Waals surface area contributed by atoms with E-state index in [1.54, 1.807) is 0 Å². The Bertz CT molecular complexity index is 999. The maximum absolute atomic E-state index is 2.27. The fourth-order valence-corrected chi connectivity index (χ4v) is 3.26. The van der Waals surface area contributed by atoms with Crippen molar-refractivity contribution in [3.8, 4) is 22.5 Å². The van der Waals surface area contributed by atoms with Crippen LogP contribution in [0.2, 0.25) is 0 Å². The van der Waals surface area contributed by atoms with E-state index in [0.717, 1.165) is 0 Å². The zero-order valence-electron chi connectivity index (χ0n) is 14.6. The second-order valence-electron chi connectivity index (χ2n) is 6.29. The number of benzene rings is 3. The molecular formula is C23H21N2+. The molecule has 2 heteroatoms. The van der Waals surface area contributed by atoms with E-state index < -0.39 is 0 Å². The molecule has 0 bridgehead atoms. The Kier molecular flexibility index (Phi) is 3.95. The maximum Gasteiger partial charge on any atom is 0.263 e. The summed E-state index contributed by atoms with van der Waals surface area (Å²) in [6, 6.07) is 27.6. The standard InChI is InChI=1S/C23H21N2/c1-18-13-14-21(20-9-5-3-6-10-20)17-23(18)25-16-15-24(19(25)2)22-11-7-4-8-12-22/h3-17H,1-2H3/q+1. The van der Waals surface area contributed by atoms with Crippen molar-refractivity contribution in [3.05, 3.63) is 103 Å². The highest BCUT2D eigenvalue weighted by Crippen LogP contribution is 2.23. The highest BCUT2D eigenvalue weighted by Gasteiger charge is 2.17. The summed E-state index contributed by atoms with van der Waals surface area (Å²) >= 11 is 0. The molecule has 0 aliphatic carbocycles. The first-order valence-electron chi connectivity index (χ1n) is 8.55. The first-order chi connectivity index (χ1) is 12.2. The first-order valence-corrected chi connectivity index (χ1v) is 8.55. The van der Waals surface area contributed by atoms with Crippen molar-refractivity contribution in [2.45, 2.75) is 13.8 Å². The van der Waals surface area contributed by atoms with Crippen LogP contribution in [-0.4, -0.2) is 4.57 Å². The van der Waals surface area contributed by atoms with Crippen LogP contribution in [-0.2, 0) is 0 Å². The molecule has 0 aliphatic rings. The van der Waals surface area contributed by atoms with E-state index in [-0.39, 0.29) is 0 Å². The van der Waals surface area contributed by atoms with Gasteiger partial charge >= 0.3 is 0 Å². The lowest BCUT2D eigenvalue weighted by molar-refractivity contribution is -0.602. The summed E-state index contributed by atoms with van der Waals surface area (Å²) in [4.78, 5) is 0. The van der Waals surface area contributed by atoms with Gasteiger partial charge in [0.2, 0.25) is 0 Å². The zero-order chi connectivity index (χ0) is 17.2. The molecule has 0 amide bonds. The summed E-state index contributed by atoms with van der Waals surface area (Å²) < 4.78 is 4.48. The van der Waals surface area contributed by atoms with Crippen LogP contribution in [0, 0.1) is 13.8 Å². The van der Waals surface area contributed by atoms with Gasteiger partial charge in [-0.2, -0.15) is 9.13 Å². The third-order valence-electron chi connectivity index (χ3n) is 4.67. The van der Waals surface area contributed by atoms with Crippen molar-refractivity contribution in [2.24, 2.45) is 0 Å². The Morgan fingerprint density at radius 1 is 0.720 bits per heavy atom. The largest absolute Gasteiger partial charge is 0.263 e. The maximum atomic E-state index is 2.27. The van der Waals surface area contributed by atoms with Crippen molar-refractivity contribution in [2.75, 3.05) is 0 Å². The third kappa shape index (κ3) is 2.87. The van der Waals surface area contributed by atoms with Crippen LogP contribution in [0.1, 0.15) is 11.4 Å². The lowest BCUT2D eigenvalue weighted by atomic mass is 10.0. The molecule has 4 rings (SSSR count). The van der Waals surface area contributed by atoms with Crippen LogP contribution < -0.4 is 4.57 Å². The SMILES string of the molecule is Cc1ccc(-c2ccccc2)cc1-[n+]1ccn(-c2ccccc2)c1C. The van der Waals surface area contributed by atoms with Gasteiger partial charge in [-0.25, -0.2) is 0 Å². The van der Waals surface area contributed by atoms with Gasteiger partial charge in [-0.05, 0) is 41.8 Å². The molecule has 4 aromatic rings. The van der Waals surface area contributed by atoms with Crippen molar-refractivity contribution in [1.29, 1.82) is 0 Å². The molecule has 0 unspecified atom stereocenters. The number of aryl methyl sites for hydroxylation is 1. The van der Waals surface area contributed by atoms with E-state index in [9.17, 15) is 0 Å². The van der Waals surface area contributed by atoms with E-state index in [4.69, 9.17) is 0 Å². The smallest absolute Gasteiger partial charge is 0.200 e. The van der Waals surface area contributed by atoms with Gasteiger partial charge in [-0.15, -0.1) is 0 Å². The van der Waals surface area contributed by atoms with Crippen molar-refractivity contribution in [1.82, 2.24) is 4.57 Å². The molecule has 0 atom stereocenters. The lowest BCUT2D eigenvalue weighted by Gasteiger charge is -2.08. The molecule has 1 aromatic heterocycles. The van der Waals surface area contributed by atoms with Crippen LogP contribution in [0.5, 0.6) is 0 Å². The molecule has 0 fully saturated rings. The minimum absolute atomic E-state index is 1.18. The molecule has 0 radical (unpaired) electrons. The quantitative estimate of drug-likeness (QED) is 0.467. The third-order valence-corrected chi connectivity index (χ3v) is 4.67. The predicted octanol–water partition coefficient (Wildman–Crippen LogP) is 5.04. The molecule has 1 heterocycles. The van der Waals surface area contributed by atoms with Crippen LogP contribution >= 0.6 is 0 Å². The summed E-state index contributed by atoms with van der Waals surface area (Å²) in [7, 11) is 0. The molecule has 25 heavy (non-hydrogen) atoms. The summed E-state index contributed by atoms with van der Waals surface area (Å²) in [6.07, 6.45) is 4.26. The van der Waals surface area contributed by atoms with E-state index in [0.29, 0.717) is 0 Å². The van der Waals surface area contributed by atoms with Gasteiger partial charge in [0, 0.05) is 6.92 Å². The first kappa shape index (κ1) is 15.4. The number of hydrogen-bond acceptors (Lipinski definition) is 0. The van der Waals surface area contributed by atoms with Crippen LogP contribution in [0.3, 0.4) is 0 Å². The topological polar surface area (TPSA) is 8.81 Å².